The number of hydrogen-bond acceptors (Lipinski definition) is 4. The normalized spacial score (nSPS) is 14.4. The summed E-state index contributed by atoms with van der Waals surface area (Å²) in [4.78, 5) is 12.3. The van der Waals surface area contributed by atoms with Crippen molar-refractivity contribution in [2.75, 3.05) is 13.6 Å². The van der Waals surface area contributed by atoms with E-state index in [-0.39, 0.29) is 0 Å². The lowest BCUT2D eigenvalue weighted by molar-refractivity contribution is 0.378. The fourth-order valence-corrected chi connectivity index (χ4v) is 3.74. The number of rotatable bonds is 3. The van der Waals surface area contributed by atoms with Crippen LogP contribution in [0.2, 0.25) is 0 Å². The molecule has 0 atom stereocenters. The fraction of sp³-hybridized carbons (Fsp3) is 0.263. The van der Waals surface area contributed by atoms with Crippen LogP contribution >= 0.6 is 11.3 Å². The van der Waals surface area contributed by atoms with Gasteiger partial charge in [0.1, 0.15) is 6.26 Å². The van der Waals surface area contributed by atoms with Gasteiger partial charge in [-0.15, -0.1) is 11.3 Å². The van der Waals surface area contributed by atoms with E-state index in [1.807, 2.05) is 24.6 Å². The SMILES string of the molecule is CN=C(NCc1coc(-c2cccs2)n1)N1CCc2ccccc2C1. The van der Waals surface area contributed by atoms with Gasteiger partial charge in [0.15, 0.2) is 5.96 Å². The first-order valence-electron chi connectivity index (χ1n) is 8.34. The van der Waals surface area contributed by atoms with Crippen LogP contribution in [0.3, 0.4) is 0 Å². The highest BCUT2D eigenvalue weighted by atomic mass is 32.1. The Morgan fingerprint density at radius 3 is 2.96 bits per heavy atom. The zero-order chi connectivity index (χ0) is 17.1. The van der Waals surface area contributed by atoms with Crippen LogP contribution in [-0.2, 0) is 19.5 Å². The van der Waals surface area contributed by atoms with Crippen LogP contribution in [0.25, 0.3) is 10.8 Å². The number of hydrogen-bond donors (Lipinski definition) is 1. The molecule has 1 N–H and O–H groups in total. The molecule has 0 amide bonds. The summed E-state index contributed by atoms with van der Waals surface area (Å²) in [5.41, 5.74) is 3.69. The molecule has 4 rings (SSSR count). The summed E-state index contributed by atoms with van der Waals surface area (Å²) in [5, 5.41) is 5.42. The average molecular weight is 352 g/mol. The van der Waals surface area contributed by atoms with Gasteiger partial charge in [-0.25, -0.2) is 4.98 Å². The molecule has 0 fully saturated rings. The maximum absolute atomic E-state index is 5.57. The van der Waals surface area contributed by atoms with Crippen LogP contribution in [-0.4, -0.2) is 29.4 Å². The molecule has 128 valence electrons. The highest BCUT2D eigenvalue weighted by Gasteiger charge is 2.19. The van der Waals surface area contributed by atoms with Gasteiger partial charge in [0.05, 0.1) is 17.1 Å². The van der Waals surface area contributed by atoms with E-state index >= 15 is 0 Å². The maximum atomic E-state index is 5.57. The fourth-order valence-electron chi connectivity index (χ4n) is 3.08. The molecule has 3 heterocycles. The summed E-state index contributed by atoms with van der Waals surface area (Å²) in [6.45, 7) is 2.45. The molecule has 1 aliphatic rings. The molecule has 0 saturated heterocycles. The lowest BCUT2D eigenvalue weighted by atomic mass is 10.0. The monoisotopic (exact) mass is 352 g/mol. The van der Waals surface area contributed by atoms with Crippen LogP contribution < -0.4 is 5.32 Å². The molecule has 1 aromatic carbocycles. The van der Waals surface area contributed by atoms with Crippen LogP contribution in [0.5, 0.6) is 0 Å². The van der Waals surface area contributed by atoms with Crippen molar-refractivity contribution in [3.05, 3.63) is 64.9 Å². The molecule has 2 aromatic heterocycles. The average Bonchev–Trinajstić information content (AvgIpc) is 3.33. The van der Waals surface area contributed by atoms with Gasteiger partial charge in [-0.3, -0.25) is 4.99 Å². The minimum atomic E-state index is 0.597. The summed E-state index contributed by atoms with van der Waals surface area (Å²) < 4.78 is 5.57. The van der Waals surface area contributed by atoms with Gasteiger partial charge in [0.25, 0.3) is 0 Å². The van der Waals surface area contributed by atoms with Crippen molar-refractivity contribution in [1.82, 2.24) is 15.2 Å². The zero-order valence-corrected chi connectivity index (χ0v) is 14.9. The first-order valence-corrected chi connectivity index (χ1v) is 9.22. The molecule has 0 bridgehead atoms. The third-order valence-electron chi connectivity index (χ3n) is 4.35. The van der Waals surface area contributed by atoms with E-state index < -0.39 is 0 Å². The van der Waals surface area contributed by atoms with Gasteiger partial charge in [-0.1, -0.05) is 30.3 Å². The number of nitrogens with one attached hydrogen (secondary N) is 1. The van der Waals surface area contributed by atoms with Crippen molar-refractivity contribution in [3.63, 3.8) is 0 Å². The summed E-state index contributed by atoms with van der Waals surface area (Å²) in [6, 6.07) is 12.6. The molecule has 25 heavy (non-hydrogen) atoms. The standard InChI is InChI=1S/C19H20N4OS/c1-20-19(23-9-8-14-5-2-3-6-15(14)12-23)21-11-16-13-24-18(22-16)17-7-4-10-25-17/h2-7,10,13H,8-9,11-12H2,1H3,(H,20,21). The van der Waals surface area contributed by atoms with Crippen LogP contribution in [0.1, 0.15) is 16.8 Å². The van der Waals surface area contributed by atoms with Gasteiger partial charge >= 0.3 is 0 Å². The van der Waals surface area contributed by atoms with Crippen LogP contribution in [0.15, 0.2) is 57.5 Å². The van der Waals surface area contributed by atoms with Crippen molar-refractivity contribution in [1.29, 1.82) is 0 Å². The predicted molar refractivity (Wildman–Crippen MR) is 101 cm³/mol. The summed E-state index contributed by atoms with van der Waals surface area (Å²) >= 11 is 1.63. The van der Waals surface area contributed by atoms with Gasteiger partial charge in [0.2, 0.25) is 5.89 Å². The number of nitrogens with zero attached hydrogens (tertiary/aromatic N) is 3. The molecule has 6 heteroatoms. The van der Waals surface area contributed by atoms with Crippen molar-refractivity contribution in [2.24, 2.45) is 4.99 Å². The first-order chi connectivity index (χ1) is 12.3. The molecule has 0 unspecified atom stereocenters. The van der Waals surface area contributed by atoms with Crippen LogP contribution in [0, 0.1) is 0 Å². The Bertz CT molecular complexity index is 869. The van der Waals surface area contributed by atoms with E-state index in [0.29, 0.717) is 12.4 Å². The summed E-state index contributed by atoms with van der Waals surface area (Å²) in [7, 11) is 1.82. The summed E-state index contributed by atoms with van der Waals surface area (Å²) in [5.74, 6) is 1.57. The number of aliphatic imine (C=N–C) groups is 1. The second kappa shape index (κ2) is 7.11. The Kier molecular flexibility index (Phi) is 4.52. The van der Waals surface area contributed by atoms with Crippen molar-refractivity contribution in [2.45, 2.75) is 19.5 Å². The lowest BCUT2D eigenvalue weighted by Gasteiger charge is -2.31. The van der Waals surface area contributed by atoms with Gasteiger partial charge in [-0.05, 0) is 29.0 Å². The Labute approximate surface area is 151 Å². The van der Waals surface area contributed by atoms with E-state index in [2.05, 4.69) is 44.5 Å². The number of guanidine groups is 1. The van der Waals surface area contributed by atoms with Crippen LogP contribution in [0.4, 0.5) is 0 Å². The predicted octanol–water partition coefficient (Wildman–Crippen LogP) is 3.54. The molecule has 0 radical (unpaired) electrons. The van der Waals surface area contributed by atoms with Gasteiger partial charge in [-0.2, -0.15) is 0 Å². The largest absolute Gasteiger partial charge is 0.443 e. The number of thiophene rings is 1. The van der Waals surface area contributed by atoms with Crippen molar-refractivity contribution < 1.29 is 4.42 Å². The van der Waals surface area contributed by atoms with E-state index in [1.165, 1.54) is 11.1 Å². The number of fused-ring (bicyclic) bond motifs is 1. The van der Waals surface area contributed by atoms with E-state index in [0.717, 1.165) is 36.0 Å². The molecule has 3 aromatic rings. The van der Waals surface area contributed by atoms with E-state index in [9.17, 15) is 0 Å². The third kappa shape index (κ3) is 3.44. The number of aromatic nitrogens is 1. The highest BCUT2D eigenvalue weighted by Crippen LogP contribution is 2.23. The Morgan fingerprint density at radius 2 is 2.16 bits per heavy atom. The second-order valence-electron chi connectivity index (χ2n) is 5.96. The molecule has 1 aliphatic heterocycles. The minimum Gasteiger partial charge on any atom is -0.443 e. The molecular formula is C19H20N4OS. The Morgan fingerprint density at radius 1 is 1.28 bits per heavy atom. The van der Waals surface area contributed by atoms with Gasteiger partial charge < -0.3 is 14.6 Å². The van der Waals surface area contributed by atoms with E-state index in [1.54, 1.807) is 17.6 Å². The molecule has 0 spiro atoms. The lowest BCUT2D eigenvalue weighted by Crippen LogP contribution is -2.43. The topological polar surface area (TPSA) is 53.7 Å². The quantitative estimate of drug-likeness (QED) is 0.579. The molecule has 0 aliphatic carbocycles. The Balaban J connectivity index is 1.40. The smallest absolute Gasteiger partial charge is 0.236 e. The highest BCUT2D eigenvalue weighted by molar-refractivity contribution is 7.13. The molecular weight excluding hydrogens is 332 g/mol. The Hall–Kier alpha value is -2.60. The van der Waals surface area contributed by atoms with E-state index in [4.69, 9.17) is 4.42 Å². The van der Waals surface area contributed by atoms with Crippen molar-refractivity contribution in [3.8, 4) is 10.8 Å². The first kappa shape index (κ1) is 15.9. The molecule has 5 nitrogen and oxygen atoms in total. The third-order valence-corrected chi connectivity index (χ3v) is 5.21. The molecule has 0 saturated carbocycles. The number of benzene rings is 1. The number of oxazole rings is 1. The minimum absolute atomic E-state index is 0.597. The second-order valence-corrected chi connectivity index (χ2v) is 6.91. The summed E-state index contributed by atoms with van der Waals surface area (Å²) in [6.07, 6.45) is 2.75. The zero-order valence-electron chi connectivity index (χ0n) is 14.1. The van der Waals surface area contributed by atoms with Crippen molar-refractivity contribution >= 4 is 17.3 Å². The maximum Gasteiger partial charge on any atom is 0.236 e. The van der Waals surface area contributed by atoms with Gasteiger partial charge in [0, 0.05) is 20.1 Å².